The van der Waals surface area contributed by atoms with Crippen molar-refractivity contribution < 1.29 is 23.5 Å². The van der Waals surface area contributed by atoms with Crippen molar-refractivity contribution in [1.29, 1.82) is 0 Å². The van der Waals surface area contributed by atoms with Crippen LogP contribution < -0.4 is 0 Å². The summed E-state index contributed by atoms with van der Waals surface area (Å²) in [6.07, 6.45) is 2.55. The summed E-state index contributed by atoms with van der Waals surface area (Å²) in [5.74, 6) is 0.111. The monoisotopic (exact) mass is 438 g/mol. The van der Waals surface area contributed by atoms with Crippen molar-refractivity contribution in [2.45, 2.75) is 85.1 Å². The zero-order valence-corrected chi connectivity index (χ0v) is 19.3. The Bertz CT molecular complexity index is 742. The molecule has 1 saturated heterocycles. The van der Waals surface area contributed by atoms with Crippen LogP contribution in [-0.2, 0) is 14.3 Å². The molecule has 2 heterocycles. The van der Waals surface area contributed by atoms with Crippen LogP contribution in [0.5, 0.6) is 0 Å². The van der Waals surface area contributed by atoms with Crippen LogP contribution in [0.3, 0.4) is 0 Å². The number of imide groups is 1. The first-order chi connectivity index (χ1) is 14.6. The van der Waals surface area contributed by atoms with E-state index in [1.807, 2.05) is 6.92 Å². The first-order valence-electron chi connectivity index (χ1n) is 11.3. The molecule has 31 heavy (non-hydrogen) atoms. The average Bonchev–Trinajstić information content (AvgIpc) is 3.33. The number of urea groups is 1. The Morgan fingerprint density at radius 1 is 1.23 bits per heavy atom. The highest BCUT2D eigenvalue weighted by atomic mass is 19.1. The Hall–Kier alpha value is -2.19. The number of nitrogens with zero attached hydrogens (tertiary/aromatic N) is 4. The fraction of sp³-hybridized carbons (Fsp3) is 0.818. The van der Waals surface area contributed by atoms with Crippen LogP contribution in [0.1, 0.15) is 66.7 Å². The summed E-state index contributed by atoms with van der Waals surface area (Å²) in [5, 5.41) is 0. The predicted molar refractivity (Wildman–Crippen MR) is 114 cm³/mol. The lowest BCUT2D eigenvalue weighted by Gasteiger charge is -2.43. The van der Waals surface area contributed by atoms with Gasteiger partial charge in [-0.15, -0.1) is 0 Å². The van der Waals surface area contributed by atoms with E-state index in [0.29, 0.717) is 12.3 Å². The number of ether oxygens (including phenoxy) is 1. The molecule has 0 aromatic carbocycles. The zero-order valence-electron chi connectivity index (χ0n) is 19.3. The van der Waals surface area contributed by atoms with Gasteiger partial charge in [-0.3, -0.25) is 19.4 Å². The van der Waals surface area contributed by atoms with E-state index in [1.54, 1.807) is 25.7 Å². The second-order valence-corrected chi connectivity index (χ2v) is 9.81. The summed E-state index contributed by atoms with van der Waals surface area (Å²) in [5.41, 5.74) is -0.680. The van der Waals surface area contributed by atoms with Gasteiger partial charge in [0.15, 0.2) is 18.9 Å². The lowest BCUT2D eigenvalue weighted by atomic mass is 9.97. The molecule has 0 N–H and O–H groups in total. The number of amides is 3. The molecule has 3 atom stereocenters. The summed E-state index contributed by atoms with van der Waals surface area (Å²) in [7, 11) is 0. The van der Waals surface area contributed by atoms with Gasteiger partial charge in [-0.05, 0) is 47.0 Å². The maximum Gasteiger partial charge on any atom is 0.328 e. The van der Waals surface area contributed by atoms with E-state index in [9.17, 15) is 18.8 Å². The minimum absolute atomic E-state index is 0.106. The molecular formula is C22H35FN4O4. The van der Waals surface area contributed by atoms with Crippen LogP contribution in [-0.4, -0.2) is 76.6 Å². The van der Waals surface area contributed by atoms with Crippen LogP contribution in [0.4, 0.5) is 9.18 Å². The number of hydrogen-bond donors (Lipinski definition) is 0. The smallest absolute Gasteiger partial charge is 0.328 e. The van der Waals surface area contributed by atoms with Gasteiger partial charge in [-0.1, -0.05) is 19.8 Å². The summed E-state index contributed by atoms with van der Waals surface area (Å²) in [4.78, 5) is 47.9. The molecule has 1 saturated carbocycles. The van der Waals surface area contributed by atoms with Crippen molar-refractivity contribution in [3.05, 3.63) is 0 Å². The molecule has 1 aliphatic carbocycles. The van der Waals surface area contributed by atoms with E-state index in [2.05, 4.69) is 0 Å². The maximum absolute atomic E-state index is 14.0. The van der Waals surface area contributed by atoms with Gasteiger partial charge < -0.3 is 9.64 Å². The third-order valence-corrected chi connectivity index (χ3v) is 6.05. The zero-order chi connectivity index (χ0) is 22.9. The van der Waals surface area contributed by atoms with E-state index in [0.717, 1.165) is 25.7 Å². The lowest BCUT2D eigenvalue weighted by Crippen LogP contribution is -2.67. The minimum Gasteiger partial charge on any atom is -0.444 e. The third kappa shape index (κ3) is 4.70. The largest absolute Gasteiger partial charge is 0.444 e. The van der Waals surface area contributed by atoms with E-state index >= 15 is 0 Å². The van der Waals surface area contributed by atoms with E-state index < -0.39 is 29.8 Å². The van der Waals surface area contributed by atoms with Crippen molar-refractivity contribution >= 4 is 23.7 Å². The van der Waals surface area contributed by atoms with Gasteiger partial charge >= 0.3 is 12.0 Å². The van der Waals surface area contributed by atoms with Gasteiger partial charge in [0.05, 0.1) is 12.0 Å². The van der Waals surface area contributed by atoms with Crippen molar-refractivity contribution in [3.63, 3.8) is 0 Å². The van der Waals surface area contributed by atoms with E-state index in [1.165, 1.54) is 16.7 Å². The second-order valence-electron chi connectivity index (χ2n) is 9.81. The molecule has 2 fully saturated rings. The number of aliphatic imine (C=N–C) groups is 1. The van der Waals surface area contributed by atoms with Crippen molar-refractivity contribution in [2.24, 2.45) is 16.3 Å². The molecule has 3 rings (SSSR count). The highest BCUT2D eigenvalue weighted by molar-refractivity contribution is 6.04. The Morgan fingerprint density at radius 3 is 2.42 bits per heavy atom. The number of hydrogen-bond acceptors (Lipinski definition) is 6. The Labute approximate surface area is 183 Å². The SMILES string of the molecule is CCCN1C(=O)C2C(N=C(C3CCCC3)N2COC(=O)C(C)(C)C)N(CC(C)F)C1=O. The highest BCUT2D eigenvalue weighted by Crippen LogP contribution is 2.36. The Morgan fingerprint density at radius 2 is 1.87 bits per heavy atom. The van der Waals surface area contributed by atoms with Gasteiger partial charge in [0.1, 0.15) is 12.0 Å². The molecule has 0 aromatic rings. The van der Waals surface area contributed by atoms with Crippen LogP contribution in [0.2, 0.25) is 0 Å². The topological polar surface area (TPSA) is 82.5 Å². The first kappa shape index (κ1) is 23.5. The number of rotatable bonds is 7. The molecule has 3 aliphatic rings. The fourth-order valence-electron chi connectivity index (χ4n) is 4.51. The van der Waals surface area contributed by atoms with Crippen LogP contribution in [0.15, 0.2) is 4.99 Å². The van der Waals surface area contributed by atoms with Crippen molar-refractivity contribution in [1.82, 2.24) is 14.7 Å². The maximum atomic E-state index is 14.0. The average molecular weight is 439 g/mol. The van der Waals surface area contributed by atoms with Crippen LogP contribution >= 0.6 is 0 Å². The number of carbonyl (C=O) groups excluding carboxylic acids is 3. The van der Waals surface area contributed by atoms with Gasteiger partial charge in [-0.25, -0.2) is 14.2 Å². The number of amidine groups is 1. The molecule has 3 unspecified atom stereocenters. The number of halogens is 1. The summed E-state index contributed by atoms with van der Waals surface area (Å²) >= 11 is 0. The fourth-order valence-corrected chi connectivity index (χ4v) is 4.51. The highest BCUT2D eigenvalue weighted by Gasteiger charge is 2.54. The lowest BCUT2D eigenvalue weighted by molar-refractivity contribution is -0.159. The molecule has 0 radical (unpaired) electrons. The summed E-state index contributed by atoms with van der Waals surface area (Å²) in [6.45, 7) is 8.60. The number of carbonyl (C=O) groups is 3. The number of alkyl halides is 1. The van der Waals surface area contributed by atoms with Gasteiger partial charge in [0.2, 0.25) is 0 Å². The molecule has 9 heteroatoms. The molecule has 0 spiro atoms. The standard InChI is InChI=1S/C22H35FN4O4/c1-6-11-25-19(28)16-18(26(21(25)30)12-14(2)23)24-17(15-9-7-8-10-15)27(16)13-31-20(29)22(3,4)5/h14-16,18H,6-13H2,1-5H3. The molecule has 0 bridgehead atoms. The minimum atomic E-state index is -1.25. The van der Waals surface area contributed by atoms with Crippen molar-refractivity contribution in [2.75, 3.05) is 19.8 Å². The summed E-state index contributed by atoms with van der Waals surface area (Å²) in [6, 6.07) is -1.30. The third-order valence-electron chi connectivity index (χ3n) is 6.05. The number of esters is 1. The summed E-state index contributed by atoms with van der Waals surface area (Å²) < 4.78 is 19.6. The Balaban J connectivity index is 1.95. The molecule has 174 valence electrons. The quantitative estimate of drug-likeness (QED) is 0.570. The molecule has 8 nitrogen and oxygen atoms in total. The first-order valence-corrected chi connectivity index (χ1v) is 11.3. The van der Waals surface area contributed by atoms with Gasteiger partial charge in [0.25, 0.3) is 5.91 Å². The molecule has 2 aliphatic heterocycles. The van der Waals surface area contributed by atoms with Crippen molar-refractivity contribution in [3.8, 4) is 0 Å². The van der Waals surface area contributed by atoms with Crippen LogP contribution in [0.25, 0.3) is 0 Å². The Kier molecular flexibility index (Phi) is 6.91. The second kappa shape index (κ2) is 9.12. The van der Waals surface area contributed by atoms with Gasteiger partial charge in [0, 0.05) is 12.5 Å². The van der Waals surface area contributed by atoms with E-state index in [-0.39, 0.29) is 37.6 Å². The normalized spacial score (nSPS) is 25.7. The van der Waals surface area contributed by atoms with Gasteiger partial charge in [-0.2, -0.15) is 0 Å². The predicted octanol–water partition coefficient (Wildman–Crippen LogP) is 3.16. The number of fused-ring (bicyclic) bond motifs is 1. The van der Waals surface area contributed by atoms with Crippen LogP contribution in [0, 0.1) is 11.3 Å². The molecule has 0 aromatic heterocycles. The van der Waals surface area contributed by atoms with E-state index in [4.69, 9.17) is 9.73 Å². The molecular weight excluding hydrogens is 403 g/mol. The molecule has 3 amide bonds.